The van der Waals surface area contributed by atoms with Gasteiger partial charge in [0.05, 0.1) is 12.7 Å². The highest BCUT2D eigenvalue weighted by Gasteiger charge is 2.71. The van der Waals surface area contributed by atoms with Crippen molar-refractivity contribution in [3.63, 3.8) is 0 Å². The lowest BCUT2D eigenvalue weighted by molar-refractivity contribution is -0.332. The van der Waals surface area contributed by atoms with Crippen LogP contribution in [0.1, 0.15) is 106 Å². The molecular formula is C36H60O7. The highest BCUT2D eigenvalue weighted by molar-refractivity contribution is 5.21. The Hall–Kier alpha value is -0.540. The lowest BCUT2D eigenvalue weighted by Crippen LogP contribution is -2.67. The maximum Gasteiger partial charge on any atom is 0.186 e. The third kappa shape index (κ3) is 4.38. The second kappa shape index (κ2) is 10.7. The molecule has 0 aromatic carbocycles. The van der Waals surface area contributed by atoms with Crippen molar-refractivity contribution in [3.05, 3.63) is 12.2 Å². The molecule has 5 saturated carbocycles. The predicted octanol–water partition coefficient (Wildman–Crippen LogP) is 4.82. The maximum atomic E-state index is 10.8. The van der Waals surface area contributed by atoms with E-state index in [2.05, 4.69) is 48.1 Å². The van der Waals surface area contributed by atoms with Crippen LogP contribution in [0.25, 0.3) is 0 Å². The predicted molar refractivity (Wildman–Crippen MR) is 165 cm³/mol. The average Bonchev–Trinajstić information content (AvgIpc) is 3.35. The zero-order valence-electron chi connectivity index (χ0n) is 27.6. The van der Waals surface area contributed by atoms with Gasteiger partial charge in [-0.15, -0.1) is 0 Å². The van der Waals surface area contributed by atoms with Gasteiger partial charge < -0.3 is 35.0 Å². The van der Waals surface area contributed by atoms with E-state index in [1.165, 1.54) is 37.7 Å². The van der Waals surface area contributed by atoms with E-state index >= 15 is 0 Å². The molecule has 43 heavy (non-hydrogen) atoms. The molecule has 5 N–H and O–H groups in total. The summed E-state index contributed by atoms with van der Waals surface area (Å²) in [6.45, 7) is 19.0. The van der Waals surface area contributed by atoms with Gasteiger partial charge in [-0.1, -0.05) is 46.8 Å². The second-order valence-corrected chi connectivity index (χ2v) is 17.4. The Morgan fingerprint density at radius 1 is 0.791 bits per heavy atom. The minimum absolute atomic E-state index is 0.0693. The standard InChI is InChI=1S/C36H60O7/c1-20(2)21-10-15-36(19-38)17-16-34(6)22(27(21)36)8-9-25-33(5)13-12-26(32(3,4)24(33)11-14-35(25,34)7)43-31-30(41)29(40)28(39)23(18-37)42-31/h21-31,37-41H,1,8-19H2,2-7H3/t21-,22+,23+,24-,25+,26-,27+,28-,29-,30+,31-,33-,34+,35+,36+/m0/s1. The van der Waals surface area contributed by atoms with E-state index in [9.17, 15) is 25.5 Å². The van der Waals surface area contributed by atoms with Gasteiger partial charge in [-0.05, 0) is 128 Å². The smallest absolute Gasteiger partial charge is 0.186 e. The fourth-order valence-electron chi connectivity index (χ4n) is 13.1. The molecule has 246 valence electrons. The first kappa shape index (κ1) is 32.4. The van der Waals surface area contributed by atoms with E-state index in [4.69, 9.17) is 9.47 Å². The van der Waals surface area contributed by atoms with Crippen molar-refractivity contribution in [1.82, 2.24) is 0 Å². The maximum absolute atomic E-state index is 10.8. The van der Waals surface area contributed by atoms with Crippen molar-refractivity contribution in [2.75, 3.05) is 13.2 Å². The lowest BCUT2D eigenvalue weighted by Gasteiger charge is -2.73. The van der Waals surface area contributed by atoms with Gasteiger partial charge in [0.25, 0.3) is 0 Å². The normalized spacial score (nSPS) is 55.9. The summed E-state index contributed by atoms with van der Waals surface area (Å²) in [5, 5.41) is 51.8. The van der Waals surface area contributed by atoms with Crippen molar-refractivity contribution in [3.8, 4) is 0 Å². The zero-order valence-corrected chi connectivity index (χ0v) is 27.6. The molecule has 0 bridgehead atoms. The van der Waals surface area contributed by atoms with Crippen LogP contribution in [0.15, 0.2) is 12.2 Å². The quantitative estimate of drug-likeness (QED) is 0.225. The summed E-state index contributed by atoms with van der Waals surface area (Å²) >= 11 is 0. The molecule has 7 nitrogen and oxygen atoms in total. The Morgan fingerprint density at radius 3 is 2.16 bits per heavy atom. The molecular weight excluding hydrogens is 544 g/mol. The number of allylic oxidation sites excluding steroid dienone is 1. The van der Waals surface area contributed by atoms with Gasteiger partial charge >= 0.3 is 0 Å². The van der Waals surface area contributed by atoms with Crippen LogP contribution in [-0.4, -0.2) is 75.6 Å². The summed E-state index contributed by atoms with van der Waals surface area (Å²) in [7, 11) is 0. The molecule has 0 unspecified atom stereocenters. The van der Waals surface area contributed by atoms with Crippen LogP contribution in [0.2, 0.25) is 0 Å². The highest BCUT2D eigenvalue weighted by Crippen LogP contribution is 2.77. The fraction of sp³-hybridized carbons (Fsp3) is 0.944. The number of ether oxygens (including phenoxy) is 2. The molecule has 0 aromatic rings. The molecule has 0 radical (unpaired) electrons. The minimum Gasteiger partial charge on any atom is -0.396 e. The van der Waals surface area contributed by atoms with Crippen LogP contribution >= 0.6 is 0 Å². The van der Waals surface area contributed by atoms with E-state index in [-0.39, 0.29) is 33.2 Å². The van der Waals surface area contributed by atoms with Crippen molar-refractivity contribution < 1.29 is 35.0 Å². The summed E-state index contributed by atoms with van der Waals surface area (Å²) in [5.74, 6) is 2.74. The third-order valence-electron chi connectivity index (χ3n) is 15.6. The van der Waals surface area contributed by atoms with Gasteiger partial charge in [0.15, 0.2) is 6.29 Å². The van der Waals surface area contributed by atoms with Gasteiger partial charge in [-0.2, -0.15) is 0 Å². The van der Waals surface area contributed by atoms with Crippen molar-refractivity contribution in [2.45, 2.75) is 143 Å². The number of aliphatic hydroxyl groups excluding tert-OH is 5. The Labute approximate surface area is 259 Å². The molecule has 6 fully saturated rings. The SMILES string of the molecule is C=C(C)[C@@H]1CC[C@]2(CO)CC[C@]3(C)[C@H](CC[C@@H]4[C@@]5(C)CC[C@H](O[C@@H]6O[C@H](CO)[C@H](O)[C@H](O)[C@H]6O)C(C)(C)[C@@H]5CC[C@]43C)[C@@H]12. The fourth-order valence-corrected chi connectivity index (χ4v) is 13.1. The van der Waals surface area contributed by atoms with Crippen LogP contribution in [0.4, 0.5) is 0 Å². The highest BCUT2D eigenvalue weighted by atomic mass is 16.7. The number of aliphatic hydroxyl groups is 5. The Morgan fingerprint density at radius 2 is 1.51 bits per heavy atom. The second-order valence-electron chi connectivity index (χ2n) is 17.4. The number of rotatable bonds is 5. The number of hydrogen-bond acceptors (Lipinski definition) is 7. The Balaban J connectivity index is 1.26. The summed E-state index contributed by atoms with van der Waals surface area (Å²) in [6.07, 6.45) is 4.94. The van der Waals surface area contributed by atoms with E-state index in [0.29, 0.717) is 36.2 Å². The van der Waals surface area contributed by atoms with Gasteiger partial charge in [-0.25, -0.2) is 0 Å². The Bertz CT molecular complexity index is 1080. The van der Waals surface area contributed by atoms with Crippen molar-refractivity contribution in [1.29, 1.82) is 0 Å². The molecule has 1 aliphatic heterocycles. The first-order chi connectivity index (χ1) is 20.1. The summed E-state index contributed by atoms with van der Waals surface area (Å²) < 4.78 is 12.3. The van der Waals surface area contributed by atoms with Gasteiger partial charge in [0.2, 0.25) is 0 Å². The molecule has 0 amide bonds. The first-order valence-electron chi connectivity index (χ1n) is 17.3. The monoisotopic (exact) mass is 604 g/mol. The van der Waals surface area contributed by atoms with E-state index < -0.39 is 37.3 Å². The van der Waals surface area contributed by atoms with Gasteiger partial charge in [0, 0.05) is 6.61 Å². The minimum atomic E-state index is -1.43. The van der Waals surface area contributed by atoms with Crippen molar-refractivity contribution >= 4 is 0 Å². The van der Waals surface area contributed by atoms with Crippen LogP contribution < -0.4 is 0 Å². The van der Waals surface area contributed by atoms with Gasteiger partial charge in [0.1, 0.15) is 24.4 Å². The van der Waals surface area contributed by atoms with Crippen LogP contribution in [0.5, 0.6) is 0 Å². The summed E-state index contributed by atoms with van der Waals surface area (Å²) in [4.78, 5) is 0. The largest absolute Gasteiger partial charge is 0.396 e. The Kier molecular flexibility index (Phi) is 8.10. The van der Waals surface area contributed by atoms with Crippen molar-refractivity contribution in [2.24, 2.45) is 56.7 Å². The number of fused-ring (bicyclic) bond motifs is 7. The van der Waals surface area contributed by atoms with E-state index in [1.807, 2.05) is 0 Å². The summed E-state index contributed by atoms with van der Waals surface area (Å²) in [5.41, 5.74) is 1.83. The van der Waals surface area contributed by atoms with Crippen LogP contribution in [-0.2, 0) is 9.47 Å². The zero-order chi connectivity index (χ0) is 31.3. The van der Waals surface area contributed by atoms with E-state index in [1.54, 1.807) is 0 Å². The molecule has 6 rings (SSSR count). The molecule has 0 aromatic heterocycles. The van der Waals surface area contributed by atoms with E-state index in [0.717, 1.165) is 32.1 Å². The molecule has 5 aliphatic carbocycles. The molecule has 1 saturated heterocycles. The average molecular weight is 605 g/mol. The first-order valence-corrected chi connectivity index (χ1v) is 17.3. The van der Waals surface area contributed by atoms with Crippen LogP contribution in [0, 0.1) is 56.7 Å². The molecule has 15 atom stereocenters. The lowest BCUT2D eigenvalue weighted by atomic mass is 9.32. The molecule has 1 heterocycles. The number of hydrogen-bond donors (Lipinski definition) is 5. The van der Waals surface area contributed by atoms with Crippen LogP contribution in [0.3, 0.4) is 0 Å². The van der Waals surface area contributed by atoms with Gasteiger partial charge in [-0.3, -0.25) is 0 Å². The molecule has 7 heteroatoms. The summed E-state index contributed by atoms with van der Waals surface area (Å²) in [6, 6.07) is 0. The topological polar surface area (TPSA) is 120 Å². The molecule has 0 spiro atoms. The third-order valence-corrected chi connectivity index (χ3v) is 15.6. The molecule has 6 aliphatic rings.